The van der Waals surface area contributed by atoms with E-state index in [1.165, 1.54) is 4.90 Å². The van der Waals surface area contributed by atoms with Gasteiger partial charge in [0.1, 0.15) is 36.2 Å². The van der Waals surface area contributed by atoms with Crippen LogP contribution >= 0.6 is 0 Å². The molecule has 2 bridgehead atoms. The molecule has 0 atom stereocenters. The van der Waals surface area contributed by atoms with Crippen molar-refractivity contribution in [3.63, 3.8) is 0 Å². The predicted molar refractivity (Wildman–Crippen MR) is 265 cm³/mol. The van der Waals surface area contributed by atoms with E-state index < -0.39 is 0 Å². The molecule has 16 nitrogen and oxygen atoms in total. The number of ether oxygens (including phenoxy) is 7. The van der Waals surface area contributed by atoms with E-state index in [2.05, 4.69) is 75.3 Å². The fourth-order valence-electron chi connectivity index (χ4n) is 9.17. The van der Waals surface area contributed by atoms with Gasteiger partial charge in [0.05, 0.1) is 102 Å². The number of nitrogens with zero attached hydrogens (tertiary/aromatic N) is 7. The summed E-state index contributed by atoms with van der Waals surface area (Å²) in [7, 11) is 1.66. The summed E-state index contributed by atoms with van der Waals surface area (Å²) in [4.78, 5) is 34.7. The molecule has 0 N–H and O–H groups in total. The van der Waals surface area contributed by atoms with E-state index in [1.807, 2.05) is 42.6 Å². The Bertz CT molecular complexity index is 2640. The van der Waals surface area contributed by atoms with E-state index in [9.17, 15) is 9.59 Å². The smallest absolute Gasteiger partial charge is 0.261 e. The van der Waals surface area contributed by atoms with Crippen LogP contribution in [0.25, 0.3) is 27.7 Å². The second kappa shape index (κ2) is 22.1. The molecule has 5 heterocycles. The maximum absolute atomic E-state index is 13.3. The van der Waals surface area contributed by atoms with Crippen LogP contribution in [0.3, 0.4) is 0 Å². The number of rotatable bonds is 5. The van der Waals surface area contributed by atoms with Crippen molar-refractivity contribution >= 4 is 39.6 Å². The van der Waals surface area contributed by atoms with Crippen molar-refractivity contribution in [2.45, 2.75) is 20.8 Å². The third kappa shape index (κ3) is 10.6. The molecule has 0 aliphatic carbocycles. The third-order valence-electron chi connectivity index (χ3n) is 12.8. The van der Waals surface area contributed by atoms with Gasteiger partial charge in [0.15, 0.2) is 0 Å². The summed E-state index contributed by atoms with van der Waals surface area (Å²) in [6.07, 6.45) is 1.85. The monoisotopic (exact) mass is 939 g/mol. The van der Waals surface area contributed by atoms with Crippen LogP contribution in [0.15, 0.2) is 91.1 Å². The maximum atomic E-state index is 13.3. The SMILES string of the molecule is CCN1C(=O)c2cccc3c(-c4cn(-c5ccc(N6CCOc7cc(C)ccc7N7CCOCCOCCN(CCOCCOCC7)c7ccc(C)cc7OCC6)c(OC)c5)nn4)ccc(c23)C1=O. The summed E-state index contributed by atoms with van der Waals surface area (Å²) in [5, 5.41) is 10.5. The molecular formula is C53H61N7O9. The third-order valence-corrected chi connectivity index (χ3v) is 12.8. The molecular weight excluding hydrogens is 879 g/mol. The van der Waals surface area contributed by atoms with Crippen molar-refractivity contribution in [1.82, 2.24) is 19.9 Å². The number of imide groups is 1. The lowest BCUT2D eigenvalue weighted by Crippen LogP contribution is -2.40. The first-order valence-electron chi connectivity index (χ1n) is 23.9. The van der Waals surface area contributed by atoms with Gasteiger partial charge in [0, 0.05) is 60.9 Å². The van der Waals surface area contributed by atoms with E-state index >= 15 is 0 Å². The molecule has 1 aromatic heterocycles. The van der Waals surface area contributed by atoms with Gasteiger partial charge < -0.3 is 47.9 Å². The van der Waals surface area contributed by atoms with E-state index in [4.69, 9.17) is 33.2 Å². The highest BCUT2D eigenvalue weighted by Crippen LogP contribution is 2.38. The summed E-state index contributed by atoms with van der Waals surface area (Å²) in [6, 6.07) is 27.7. The standard InChI is InChI=1S/C53H61N7O9/c1-5-59-52(61)42-8-6-7-41-40(12-13-43(51(41)42)53(59)62)44-36-60(55-54-44)39-11-16-45(48(35-39)63-4)58-21-27-68-49-33-37(2)9-14-46(49)56-17-23-64-29-31-66-25-19-57(20-26-67-32-30-65-24-18-56)47-15-10-38(3)34-50(47)69-28-22-58/h6-16,33-36H,5,17-32H2,1-4H3. The van der Waals surface area contributed by atoms with Crippen LogP contribution in [0.5, 0.6) is 17.2 Å². The first-order valence-corrected chi connectivity index (χ1v) is 23.9. The highest BCUT2D eigenvalue weighted by Gasteiger charge is 2.32. The number of amides is 2. The van der Waals surface area contributed by atoms with Crippen molar-refractivity contribution in [2.24, 2.45) is 0 Å². The Morgan fingerprint density at radius 2 is 1.07 bits per heavy atom. The number of aryl methyl sites for hydroxylation is 2. The molecule has 6 aromatic rings. The molecule has 0 spiro atoms. The van der Waals surface area contributed by atoms with Gasteiger partial charge in [-0.05, 0) is 85.8 Å². The van der Waals surface area contributed by atoms with Gasteiger partial charge >= 0.3 is 0 Å². The van der Waals surface area contributed by atoms with Crippen molar-refractivity contribution in [3.05, 3.63) is 113 Å². The Labute approximate surface area is 403 Å². The van der Waals surface area contributed by atoms with Crippen LogP contribution in [0.4, 0.5) is 17.1 Å². The number of benzene rings is 5. The fourth-order valence-corrected chi connectivity index (χ4v) is 9.17. The lowest BCUT2D eigenvalue weighted by Gasteiger charge is -2.29. The Morgan fingerprint density at radius 3 is 1.62 bits per heavy atom. The minimum Gasteiger partial charge on any atom is -0.495 e. The quantitative estimate of drug-likeness (QED) is 0.129. The van der Waals surface area contributed by atoms with Crippen LogP contribution in [-0.2, 0) is 18.9 Å². The number of aromatic nitrogens is 3. The van der Waals surface area contributed by atoms with E-state index in [1.54, 1.807) is 30.8 Å². The molecule has 1 saturated heterocycles. The molecule has 5 aromatic carbocycles. The minimum absolute atomic E-state index is 0.297. The summed E-state index contributed by atoms with van der Waals surface area (Å²) < 4.78 is 45.7. The van der Waals surface area contributed by atoms with Crippen LogP contribution in [0.1, 0.15) is 38.8 Å². The van der Waals surface area contributed by atoms with Crippen LogP contribution in [0.2, 0.25) is 0 Å². The van der Waals surface area contributed by atoms with Crippen molar-refractivity contribution in [1.29, 1.82) is 0 Å². The largest absolute Gasteiger partial charge is 0.495 e. The summed E-state index contributed by atoms with van der Waals surface area (Å²) in [6.45, 7) is 14.6. The van der Waals surface area contributed by atoms with Crippen LogP contribution in [0, 0.1) is 13.8 Å². The first kappa shape index (κ1) is 47.4. The molecule has 362 valence electrons. The molecule has 0 saturated carbocycles. The molecule has 0 unspecified atom stereocenters. The molecule has 2 amide bonds. The molecule has 4 aliphatic rings. The minimum atomic E-state index is -0.297. The summed E-state index contributed by atoms with van der Waals surface area (Å²) in [5.41, 5.74) is 8.06. The van der Waals surface area contributed by atoms with E-state index in [0.717, 1.165) is 56.3 Å². The van der Waals surface area contributed by atoms with Crippen LogP contribution in [-0.4, -0.2) is 151 Å². The average Bonchev–Trinajstić information content (AvgIpc) is 3.85. The Kier molecular flexibility index (Phi) is 15.2. The van der Waals surface area contributed by atoms with Gasteiger partial charge in [-0.1, -0.05) is 35.5 Å². The van der Waals surface area contributed by atoms with Gasteiger partial charge in [-0.3, -0.25) is 14.5 Å². The first-order chi connectivity index (χ1) is 33.8. The Hall–Kier alpha value is -6.72. The zero-order chi connectivity index (χ0) is 47.7. The zero-order valence-electron chi connectivity index (χ0n) is 40.0. The Balaban J connectivity index is 1.03. The second-order valence-corrected chi connectivity index (χ2v) is 17.2. The molecule has 69 heavy (non-hydrogen) atoms. The lowest BCUT2D eigenvalue weighted by atomic mass is 9.90. The summed E-state index contributed by atoms with van der Waals surface area (Å²) in [5.74, 6) is 1.59. The second-order valence-electron chi connectivity index (χ2n) is 17.2. The maximum Gasteiger partial charge on any atom is 0.261 e. The van der Waals surface area contributed by atoms with Gasteiger partial charge in [0.25, 0.3) is 11.8 Å². The number of methoxy groups -OCH3 is 1. The number of anilines is 3. The molecule has 0 radical (unpaired) electrons. The van der Waals surface area contributed by atoms with E-state index in [-0.39, 0.29) is 11.8 Å². The molecule has 1 fully saturated rings. The highest BCUT2D eigenvalue weighted by molar-refractivity contribution is 6.26. The molecule has 16 heteroatoms. The predicted octanol–water partition coefficient (Wildman–Crippen LogP) is 7.00. The van der Waals surface area contributed by atoms with Crippen molar-refractivity contribution in [3.8, 4) is 34.2 Å². The molecule has 10 rings (SSSR count). The molecule has 4 aliphatic heterocycles. The lowest BCUT2D eigenvalue weighted by molar-refractivity contribution is 0.0435. The van der Waals surface area contributed by atoms with Gasteiger partial charge in [-0.25, -0.2) is 4.68 Å². The topological polar surface area (TPSA) is 142 Å². The number of hydrogen-bond acceptors (Lipinski definition) is 14. The van der Waals surface area contributed by atoms with Crippen LogP contribution < -0.4 is 28.9 Å². The number of carbonyl (C=O) groups is 2. The number of carbonyl (C=O) groups excluding carboxylic acids is 2. The highest BCUT2D eigenvalue weighted by atomic mass is 16.5. The van der Waals surface area contributed by atoms with Gasteiger partial charge in [0.2, 0.25) is 0 Å². The summed E-state index contributed by atoms with van der Waals surface area (Å²) >= 11 is 0. The number of hydrogen-bond donors (Lipinski definition) is 0. The van der Waals surface area contributed by atoms with Gasteiger partial charge in [-0.2, -0.15) is 0 Å². The zero-order valence-corrected chi connectivity index (χ0v) is 40.0. The fraction of sp³-hybridized carbons (Fsp3) is 0.396. The van der Waals surface area contributed by atoms with Gasteiger partial charge in [-0.15, -0.1) is 5.10 Å². The number of fused-ring (bicyclic) bond motifs is 20. The van der Waals surface area contributed by atoms with Crippen molar-refractivity contribution < 1.29 is 42.7 Å². The van der Waals surface area contributed by atoms with Crippen molar-refractivity contribution in [2.75, 3.05) is 134 Å². The Morgan fingerprint density at radius 1 is 0.565 bits per heavy atom. The normalized spacial score (nSPS) is 17.2. The van der Waals surface area contributed by atoms with E-state index in [0.29, 0.717) is 140 Å². The average molecular weight is 940 g/mol.